The van der Waals surface area contributed by atoms with Crippen molar-refractivity contribution in [1.29, 1.82) is 0 Å². The first kappa shape index (κ1) is 7.56. The molecule has 2 aliphatic carbocycles. The molecule has 2 N–H and O–H groups in total. The van der Waals surface area contributed by atoms with Crippen LogP contribution in [0.4, 0.5) is 0 Å². The van der Waals surface area contributed by atoms with E-state index in [1.165, 1.54) is 12.8 Å². The van der Waals surface area contributed by atoms with Gasteiger partial charge in [-0.2, -0.15) is 0 Å². The van der Waals surface area contributed by atoms with Crippen LogP contribution in [0.1, 0.15) is 38.5 Å². The molecule has 1 unspecified atom stereocenters. The van der Waals surface area contributed by atoms with Gasteiger partial charge in [0, 0.05) is 5.41 Å². The Morgan fingerprint density at radius 3 is 2.36 bits per heavy atom. The second kappa shape index (κ2) is 2.46. The predicted octanol–water partition coefficient (Wildman–Crippen LogP) is 1.06. The molecule has 0 aliphatic heterocycles. The maximum atomic E-state index is 9.69. The van der Waals surface area contributed by atoms with E-state index in [-0.39, 0.29) is 17.6 Å². The summed E-state index contributed by atoms with van der Waals surface area (Å²) in [4.78, 5) is 0. The lowest BCUT2D eigenvalue weighted by atomic mass is 9.58. The van der Waals surface area contributed by atoms with Gasteiger partial charge in [-0.3, -0.25) is 0 Å². The van der Waals surface area contributed by atoms with E-state index in [0.717, 1.165) is 25.7 Å². The number of hydrogen-bond acceptors (Lipinski definition) is 2. The Labute approximate surface area is 67.2 Å². The number of aliphatic hydroxyl groups excluding tert-OH is 2. The summed E-state index contributed by atoms with van der Waals surface area (Å²) in [5.41, 5.74) is 0.137. The van der Waals surface area contributed by atoms with Crippen molar-refractivity contribution in [3.05, 3.63) is 0 Å². The average molecular weight is 156 g/mol. The molecule has 0 radical (unpaired) electrons. The van der Waals surface area contributed by atoms with Crippen LogP contribution >= 0.6 is 0 Å². The topological polar surface area (TPSA) is 40.5 Å². The number of aliphatic hydroxyl groups is 2. The maximum absolute atomic E-state index is 9.69. The summed E-state index contributed by atoms with van der Waals surface area (Å²) in [6, 6.07) is 0. The van der Waals surface area contributed by atoms with Crippen LogP contribution in [-0.4, -0.2) is 22.4 Å². The molecule has 11 heavy (non-hydrogen) atoms. The van der Waals surface area contributed by atoms with Crippen LogP contribution in [0.5, 0.6) is 0 Å². The Morgan fingerprint density at radius 1 is 1.09 bits per heavy atom. The van der Waals surface area contributed by atoms with Crippen molar-refractivity contribution in [2.75, 3.05) is 0 Å². The zero-order valence-electron chi connectivity index (χ0n) is 6.79. The molecule has 1 spiro atoms. The second-order valence-corrected chi connectivity index (χ2v) is 4.19. The van der Waals surface area contributed by atoms with E-state index in [2.05, 4.69) is 0 Å². The first-order valence-electron chi connectivity index (χ1n) is 4.59. The smallest absolute Gasteiger partial charge is 0.0598 e. The average Bonchev–Trinajstić information content (AvgIpc) is 1.92. The first-order valence-corrected chi connectivity index (χ1v) is 4.59. The highest BCUT2D eigenvalue weighted by molar-refractivity contribution is 5.00. The van der Waals surface area contributed by atoms with Gasteiger partial charge < -0.3 is 10.2 Å². The molecular weight excluding hydrogens is 140 g/mol. The van der Waals surface area contributed by atoms with Crippen LogP contribution in [0.2, 0.25) is 0 Å². The molecule has 2 aliphatic rings. The van der Waals surface area contributed by atoms with E-state index in [0.29, 0.717) is 0 Å². The second-order valence-electron chi connectivity index (χ2n) is 4.19. The highest BCUT2D eigenvalue weighted by atomic mass is 16.3. The largest absolute Gasteiger partial charge is 0.393 e. The van der Waals surface area contributed by atoms with Gasteiger partial charge in [0.1, 0.15) is 0 Å². The summed E-state index contributed by atoms with van der Waals surface area (Å²) in [5.74, 6) is 0. The van der Waals surface area contributed by atoms with E-state index in [4.69, 9.17) is 0 Å². The molecule has 1 atom stereocenters. The molecule has 0 bridgehead atoms. The number of hydrogen-bond donors (Lipinski definition) is 2. The van der Waals surface area contributed by atoms with Gasteiger partial charge in [0.2, 0.25) is 0 Å². The van der Waals surface area contributed by atoms with Crippen molar-refractivity contribution in [3.63, 3.8) is 0 Å². The summed E-state index contributed by atoms with van der Waals surface area (Å²) >= 11 is 0. The zero-order chi connectivity index (χ0) is 7.90. The van der Waals surface area contributed by atoms with Crippen molar-refractivity contribution < 1.29 is 10.2 Å². The van der Waals surface area contributed by atoms with Gasteiger partial charge in [-0.05, 0) is 25.7 Å². The molecule has 0 aromatic carbocycles. The fraction of sp³-hybridized carbons (Fsp3) is 1.00. The molecule has 64 valence electrons. The van der Waals surface area contributed by atoms with Gasteiger partial charge in [0.25, 0.3) is 0 Å². The lowest BCUT2D eigenvalue weighted by Gasteiger charge is -2.51. The highest BCUT2D eigenvalue weighted by Gasteiger charge is 2.49. The normalized spacial score (nSPS) is 50.7. The minimum absolute atomic E-state index is 0.122. The monoisotopic (exact) mass is 156 g/mol. The van der Waals surface area contributed by atoms with E-state index in [9.17, 15) is 10.2 Å². The highest BCUT2D eigenvalue weighted by Crippen LogP contribution is 2.51. The van der Waals surface area contributed by atoms with Gasteiger partial charge in [0.15, 0.2) is 0 Å². The Hall–Kier alpha value is -0.0800. The van der Waals surface area contributed by atoms with Crippen LogP contribution in [0.3, 0.4) is 0 Å². The molecule has 0 heterocycles. The lowest BCUT2D eigenvalue weighted by molar-refractivity contribution is -0.128. The van der Waals surface area contributed by atoms with Gasteiger partial charge in [-0.25, -0.2) is 0 Å². The Bertz CT molecular complexity index is 144. The van der Waals surface area contributed by atoms with Gasteiger partial charge >= 0.3 is 0 Å². The molecular formula is C9H16O2. The first-order chi connectivity index (χ1) is 5.23. The summed E-state index contributed by atoms with van der Waals surface area (Å²) in [6.45, 7) is 0. The fourth-order valence-electron chi connectivity index (χ4n) is 2.64. The van der Waals surface area contributed by atoms with Crippen LogP contribution in [0.25, 0.3) is 0 Å². The van der Waals surface area contributed by atoms with Gasteiger partial charge in [0.05, 0.1) is 12.2 Å². The van der Waals surface area contributed by atoms with Crippen LogP contribution in [-0.2, 0) is 0 Å². The molecule has 0 aromatic rings. The van der Waals surface area contributed by atoms with Gasteiger partial charge in [-0.1, -0.05) is 12.8 Å². The molecule has 2 saturated carbocycles. The maximum Gasteiger partial charge on any atom is 0.0598 e. The zero-order valence-corrected chi connectivity index (χ0v) is 6.79. The van der Waals surface area contributed by atoms with E-state index < -0.39 is 0 Å². The van der Waals surface area contributed by atoms with Crippen molar-refractivity contribution in [2.45, 2.75) is 50.7 Å². The molecule has 0 aromatic heterocycles. The standard InChI is InChI=1S/C9H16O2/c10-7-5-9(6-7)4-2-1-3-8(9)11/h7-8,10-11H,1-6H2. The van der Waals surface area contributed by atoms with E-state index in [1.807, 2.05) is 0 Å². The molecule has 2 rings (SSSR count). The van der Waals surface area contributed by atoms with Crippen molar-refractivity contribution >= 4 is 0 Å². The molecule has 0 amide bonds. The summed E-state index contributed by atoms with van der Waals surface area (Å²) in [5, 5.41) is 18.9. The third-order valence-electron chi connectivity index (χ3n) is 3.39. The third kappa shape index (κ3) is 1.09. The summed E-state index contributed by atoms with van der Waals surface area (Å²) in [6.07, 6.45) is 5.92. The Balaban J connectivity index is 2.00. The lowest BCUT2D eigenvalue weighted by Crippen LogP contribution is -2.50. The van der Waals surface area contributed by atoms with E-state index >= 15 is 0 Å². The third-order valence-corrected chi connectivity index (χ3v) is 3.39. The van der Waals surface area contributed by atoms with Crippen LogP contribution < -0.4 is 0 Å². The van der Waals surface area contributed by atoms with Crippen molar-refractivity contribution in [1.82, 2.24) is 0 Å². The van der Waals surface area contributed by atoms with Crippen molar-refractivity contribution in [2.24, 2.45) is 5.41 Å². The summed E-state index contributed by atoms with van der Waals surface area (Å²) in [7, 11) is 0. The molecule has 2 heteroatoms. The summed E-state index contributed by atoms with van der Waals surface area (Å²) < 4.78 is 0. The Kier molecular flexibility index (Phi) is 1.69. The fourth-order valence-corrected chi connectivity index (χ4v) is 2.64. The SMILES string of the molecule is OC1CC2(CCCCC2O)C1. The van der Waals surface area contributed by atoms with Gasteiger partial charge in [-0.15, -0.1) is 0 Å². The molecule has 2 fully saturated rings. The number of rotatable bonds is 0. The molecule has 0 saturated heterocycles. The van der Waals surface area contributed by atoms with Crippen LogP contribution in [0.15, 0.2) is 0 Å². The van der Waals surface area contributed by atoms with E-state index in [1.54, 1.807) is 0 Å². The quantitative estimate of drug-likeness (QED) is 0.550. The Morgan fingerprint density at radius 2 is 1.82 bits per heavy atom. The minimum Gasteiger partial charge on any atom is -0.393 e. The van der Waals surface area contributed by atoms with Crippen molar-refractivity contribution in [3.8, 4) is 0 Å². The van der Waals surface area contributed by atoms with Crippen LogP contribution in [0, 0.1) is 5.41 Å². The minimum atomic E-state index is -0.125. The molecule has 2 nitrogen and oxygen atoms in total. The predicted molar refractivity (Wildman–Crippen MR) is 42.1 cm³/mol.